The third kappa shape index (κ3) is 3.15. The molecule has 1 aromatic heterocycles. The van der Waals surface area contributed by atoms with Gasteiger partial charge < -0.3 is 15.2 Å². The number of carbonyl (C=O) groups is 3. The Bertz CT molecular complexity index is 857. The number of hydrogen-bond donors (Lipinski definition) is 2. The van der Waals surface area contributed by atoms with Crippen molar-refractivity contribution >= 4 is 34.2 Å². The van der Waals surface area contributed by atoms with Crippen LogP contribution in [0.15, 0.2) is 12.2 Å². The molecule has 28 heavy (non-hydrogen) atoms. The van der Waals surface area contributed by atoms with Gasteiger partial charge in [0.25, 0.3) is 0 Å². The molecule has 0 aliphatic heterocycles. The van der Waals surface area contributed by atoms with Crippen LogP contribution in [0.2, 0.25) is 0 Å². The van der Waals surface area contributed by atoms with Gasteiger partial charge in [-0.05, 0) is 55.9 Å². The lowest BCUT2D eigenvalue weighted by Gasteiger charge is -2.23. The van der Waals surface area contributed by atoms with Crippen molar-refractivity contribution in [2.75, 3.05) is 11.9 Å². The molecule has 0 saturated heterocycles. The molecule has 7 heteroatoms. The van der Waals surface area contributed by atoms with Gasteiger partial charge in [-0.15, -0.1) is 11.3 Å². The SMILES string of the molecule is CCOC(=O)c1c(NC(=O)[C@H]2[C@@H](C(=O)O)[C@H]3C=C[C@@H]2C3)sc2c1C[C@@H](C)CC2. The number of rotatable bonds is 5. The molecule has 1 saturated carbocycles. The van der Waals surface area contributed by atoms with Crippen LogP contribution in [0, 0.1) is 29.6 Å². The largest absolute Gasteiger partial charge is 0.481 e. The zero-order valence-corrected chi connectivity index (χ0v) is 16.9. The number of carbonyl (C=O) groups excluding carboxylic acids is 2. The minimum absolute atomic E-state index is 0.0493. The summed E-state index contributed by atoms with van der Waals surface area (Å²) in [5.74, 6) is -2.59. The van der Waals surface area contributed by atoms with Crippen LogP contribution >= 0.6 is 11.3 Å². The van der Waals surface area contributed by atoms with E-state index in [1.54, 1.807) is 6.92 Å². The number of thiophene rings is 1. The Morgan fingerprint density at radius 1 is 1.25 bits per heavy atom. The molecule has 1 fully saturated rings. The highest BCUT2D eigenvalue weighted by molar-refractivity contribution is 7.17. The first-order valence-electron chi connectivity index (χ1n) is 9.94. The smallest absolute Gasteiger partial charge is 0.341 e. The van der Waals surface area contributed by atoms with Gasteiger partial charge in [-0.2, -0.15) is 0 Å². The standard InChI is InChI=1S/C21H25NO5S/c1-3-27-21(26)17-13-8-10(2)4-7-14(13)28-19(17)22-18(23)15-11-5-6-12(9-11)16(15)20(24)25/h5-6,10-12,15-16H,3-4,7-9H2,1-2H3,(H,22,23)(H,24,25)/t10-,11+,12-,15+,16-/m0/s1. The number of fused-ring (bicyclic) bond motifs is 3. The van der Waals surface area contributed by atoms with Crippen LogP contribution < -0.4 is 5.32 Å². The van der Waals surface area contributed by atoms with Gasteiger partial charge in [-0.1, -0.05) is 19.1 Å². The van der Waals surface area contributed by atoms with E-state index in [4.69, 9.17) is 4.74 Å². The summed E-state index contributed by atoms with van der Waals surface area (Å²) in [7, 11) is 0. The van der Waals surface area contributed by atoms with E-state index in [1.807, 2.05) is 12.2 Å². The van der Waals surface area contributed by atoms with Gasteiger partial charge in [0, 0.05) is 4.88 Å². The van der Waals surface area contributed by atoms with Gasteiger partial charge in [0.1, 0.15) is 5.00 Å². The quantitative estimate of drug-likeness (QED) is 0.580. The number of amides is 1. The van der Waals surface area contributed by atoms with Crippen LogP contribution in [-0.2, 0) is 27.2 Å². The average Bonchev–Trinajstić information content (AvgIpc) is 3.33. The summed E-state index contributed by atoms with van der Waals surface area (Å²) >= 11 is 1.44. The molecule has 1 heterocycles. The Kier molecular flexibility index (Phi) is 5.04. The zero-order valence-electron chi connectivity index (χ0n) is 16.1. The van der Waals surface area contributed by atoms with Crippen LogP contribution in [-0.4, -0.2) is 29.6 Å². The van der Waals surface area contributed by atoms with Crippen LogP contribution in [0.1, 0.15) is 47.5 Å². The van der Waals surface area contributed by atoms with Crippen molar-refractivity contribution < 1.29 is 24.2 Å². The zero-order chi connectivity index (χ0) is 20.0. The molecule has 5 atom stereocenters. The van der Waals surface area contributed by atoms with Crippen molar-refractivity contribution in [3.63, 3.8) is 0 Å². The third-order valence-corrected chi connectivity index (χ3v) is 7.48. The number of carboxylic acid groups (broad SMARTS) is 1. The maximum atomic E-state index is 13.1. The summed E-state index contributed by atoms with van der Waals surface area (Å²) in [5.41, 5.74) is 1.45. The van der Waals surface area contributed by atoms with Gasteiger partial charge in [0.15, 0.2) is 0 Å². The molecule has 6 nitrogen and oxygen atoms in total. The van der Waals surface area contributed by atoms with Gasteiger partial charge in [-0.25, -0.2) is 4.79 Å². The average molecular weight is 404 g/mol. The van der Waals surface area contributed by atoms with E-state index < -0.39 is 23.8 Å². The molecule has 150 valence electrons. The molecule has 4 rings (SSSR count). The summed E-state index contributed by atoms with van der Waals surface area (Å²) in [5, 5.41) is 13.0. The molecule has 0 aromatic carbocycles. The van der Waals surface area contributed by atoms with Crippen molar-refractivity contribution in [2.24, 2.45) is 29.6 Å². The minimum atomic E-state index is -0.929. The van der Waals surface area contributed by atoms with Crippen LogP contribution in [0.3, 0.4) is 0 Å². The van der Waals surface area contributed by atoms with E-state index in [1.165, 1.54) is 11.3 Å². The summed E-state index contributed by atoms with van der Waals surface area (Å²) in [6.07, 6.45) is 7.33. The van der Waals surface area contributed by atoms with E-state index in [-0.39, 0.29) is 24.3 Å². The Balaban J connectivity index is 1.64. The fraction of sp³-hybridized carbons (Fsp3) is 0.571. The normalized spacial score (nSPS) is 30.1. The lowest BCUT2D eigenvalue weighted by atomic mass is 9.82. The van der Waals surface area contributed by atoms with E-state index in [0.29, 0.717) is 22.9 Å². The van der Waals surface area contributed by atoms with E-state index in [9.17, 15) is 19.5 Å². The van der Waals surface area contributed by atoms with Gasteiger partial charge in [0.05, 0.1) is 24.0 Å². The van der Waals surface area contributed by atoms with Crippen molar-refractivity contribution in [2.45, 2.75) is 39.5 Å². The van der Waals surface area contributed by atoms with E-state index in [2.05, 4.69) is 12.2 Å². The molecule has 1 amide bonds. The van der Waals surface area contributed by atoms with Crippen LogP contribution in [0.4, 0.5) is 5.00 Å². The molecular weight excluding hydrogens is 378 g/mol. The number of carboxylic acids is 1. The molecule has 3 aliphatic rings. The lowest BCUT2D eigenvalue weighted by molar-refractivity contribution is -0.146. The van der Waals surface area contributed by atoms with Crippen molar-refractivity contribution in [3.8, 4) is 0 Å². The van der Waals surface area contributed by atoms with Gasteiger partial charge in [-0.3, -0.25) is 9.59 Å². The highest BCUT2D eigenvalue weighted by Crippen LogP contribution is 2.49. The van der Waals surface area contributed by atoms with E-state index >= 15 is 0 Å². The molecule has 3 aliphatic carbocycles. The number of aliphatic carboxylic acids is 1. The number of esters is 1. The highest BCUT2D eigenvalue weighted by atomic mass is 32.1. The fourth-order valence-electron chi connectivity index (χ4n) is 4.98. The van der Waals surface area contributed by atoms with Crippen LogP contribution in [0.25, 0.3) is 0 Å². The third-order valence-electron chi connectivity index (χ3n) is 6.27. The summed E-state index contributed by atoms with van der Waals surface area (Å²) in [6, 6.07) is 0. The second kappa shape index (κ2) is 7.35. The second-order valence-electron chi connectivity index (χ2n) is 8.10. The molecule has 0 unspecified atom stereocenters. The fourth-order valence-corrected chi connectivity index (χ4v) is 6.21. The number of ether oxygens (including phenoxy) is 1. The summed E-state index contributed by atoms with van der Waals surface area (Å²) < 4.78 is 5.26. The lowest BCUT2D eigenvalue weighted by Crippen LogP contribution is -2.36. The highest BCUT2D eigenvalue weighted by Gasteiger charge is 2.51. The predicted octanol–water partition coefficient (Wildman–Crippen LogP) is 3.51. The van der Waals surface area contributed by atoms with Crippen molar-refractivity contribution in [3.05, 3.63) is 28.2 Å². The first-order chi connectivity index (χ1) is 13.4. The number of anilines is 1. The van der Waals surface area contributed by atoms with Crippen molar-refractivity contribution in [1.29, 1.82) is 0 Å². The maximum Gasteiger partial charge on any atom is 0.341 e. The summed E-state index contributed by atoms with van der Waals surface area (Å²) in [4.78, 5) is 38.6. The topological polar surface area (TPSA) is 92.7 Å². The van der Waals surface area contributed by atoms with E-state index in [0.717, 1.165) is 29.7 Å². The first-order valence-corrected chi connectivity index (χ1v) is 10.8. The molecular formula is C21H25NO5S. The number of aryl methyl sites for hydroxylation is 1. The Labute approximate surface area is 168 Å². The molecule has 1 aromatic rings. The number of allylic oxidation sites excluding steroid dienone is 2. The second-order valence-corrected chi connectivity index (χ2v) is 9.21. The molecule has 2 N–H and O–H groups in total. The first kappa shape index (κ1) is 19.2. The van der Waals surface area contributed by atoms with Gasteiger partial charge in [0.2, 0.25) is 5.91 Å². The van der Waals surface area contributed by atoms with Crippen LogP contribution in [0.5, 0.6) is 0 Å². The summed E-state index contributed by atoms with van der Waals surface area (Å²) in [6.45, 7) is 4.19. The Morgan fingerprint density at radius 2 is 1.96 bits per heavy atom. The minimum Gasteiger partial charge on any atom is -0.481 e. The maximum absolute atomic E-state index is 13.1. The molecule has 0 spiro atoms. The molecule has 0 radical (unpaired) electrons. The van der Waals surface area contributed by atoms with Crippen molar-refractivity contribution in [1.82, 2.24) is 0 Å². The Hall–Kier alpha value is -2.15. The predicted molar refractivity (Wildman–Crippen MR) is 105 cm³/mol. The number of hydrogen-bond acceptors (Lipinski definition) is 5. The van der Waals surface area contributed by atoms with Gasteiger partial charge >= 0.3 is 11.9 Å². The Morgan fingerprint density at radius 3 is 2.64 bits per heavy atom. The molecule has 2 bridgehead atoms. The number of nitrogens with one attached hydrogen (secondary N) is 1. The monoisotopic (exact) mass is 403 g/mol.